The van der Waals surface area contributed by atoms with Crippen molar-refractivity contribution in [1.82, 2.24) is 14.8 Å². The third kappa shape index (κ3) is 4.37. The fraction of sp³-hybridized carbons (Fsp3) is 0.118. The van der Waals surface area contributed by atoms with Crippen LogP contribution in [-0.2, 0) is 20.9 Å². The SMILES string of the molecule is COC(=O)c1ccc(S(=O)(=O)Nc2cc(C(F)(F)F)ccc2-n2cncn2)cc1. The number of hydrogen-bond acceptors (Lipinski definition) is 6. The topological polar surface area (TPSA) is 103 Å². The van der Waals surface area contributed by atoms with Crippen LogP contribution in [0.25, 0.3) is 5.69 Å². The maximum Gasteiger partial charge on any atom is 0.416 e. The molecule has 0 fully saturated rings. The molecule has 3 rings (SSSR count). The quantitative estimate of drug-likeness (QED) is 0.630. The number of carbonyl (C=O) groups excluding carboxylic acids is 1. The van der Waals surface area contributed by atoms with Gasteiger partial charge >= 0.3 is 12.1 Å². The number of hydrogen-bond donors (Lipinski definition) is 1. The van der Waals surface area contributed by atoms with Crippen LogP contribution in [0.15, 0.2) is 60.0 Å². The second kappa shape index (κ2) is 7.54. The van der Waals surface area contributed by atoms with Crippen LogP contribution in [0, 0.1) is 0 Å². The molecule has 0 saturated carbocycles. The molecule has 2 aromatic carbocycles. The van der Waals surface area contributed by atoms with Gasteiger partial charge in [0.2, 0.25) is 0 Å². The van der Waals surface area contributed by atoms with E-state index in [0.717, 1.165) is 35.3 Å². The number of aromatic nitrogens is 3. The van der Waals surface area contributed by atoms with Crippen LogP contribution in [0.1, 0.15) is 15.9 Å². The van der Waals surface area contributed by atoms with Crippen molar-refractivity contribution in [3.8, 4) is 5.69 Å². The maximum absolute atomic E-state index is 13.1. The van der Waals surface area contributed by atoms with E-state index in [-0.39, 0.29) is 21.8 Å². The number of rotatable bonds is 5. The van der Waals surface area contributed by atoms with Crippen molar-refractivity contribution in [3.63, 3.8) is 0 Å². The van der Waals surface area contributed by atoms with Gasteiger partial charge in [-0.1, -0.05) is 0 Å². The number of methoxy groups -OCH3 is 1. The van der Waals surface area contributed by atoms with Gasteiger partial charge in [-0.25, -0.2) is 22.9 Å². The summed E-state index contributed by atoms with van der Waals surface area (Å²) < 4.78 is 72.4. The van der Waals surface area contributed by atoms with Crippen LogP contribution in [0.3, 0.4) is 0 Å². The summed E-state index contributed by atoms with van der Waals surface area (Å²) in [6, 6.07) is 7.28. The fourth-order valence-electron chi connectivity index (χ4n) is 2.42. The van der Waals surface area contributed by atoms with E-state index in [0.29, 0.717) is 6.07 Å². The van der Waals surface area contributed by atoms with Crippen LogP contribution in [0.4, 0.5) is 18.9 Å². The van der Waals surface area contributed by atoms with Crippen molar-refractivity contribution in [2.45, 2.75) is 11.1 Å². The molecule has 1 N–H and O–H groups in total. The minimum Gasteiger partial charge on any atom is -0.465 e. The van der Waals surface area contributed by atoms with E-state index < -0.39 is 27.7 Å². The Kier molecular flexibility index (Phi) is 5.29. The van der Waals surface area contributed by atoms with Gasteiger partial charge in [-0.2, -0.15) is 18.3 Å². The van der Waals surface area contributed by atoms with Gasteiger partial charge < -0.3 is 4.74 Å². The van der Waals surface area contributed by atoms with E-state index in [4.69, 9.17) is 0 Å². The van der Waals surface area contributed by atoms with Crippen molar-refractivity contribution >= 4 is 21.7 Å². The molecule has 12 heteroatoms. The second-order valence-electron chi connectivity index (χ2n) is 5.69. The van der Waals surface area contributed by atoms with Gasteiger partial charge in [0.1, 0.15) is 12.7 Å². The Hall–Kier alpha value is -3.41. The number of carbonyl (C=O) groups is 1. The molecule has 1 aromatic heterocycles. The molecular weight excluding hydrogens is 413 g/mol. The van der Waals surface area contributed by atoms with Gasteiger partial charge in [-0.15, -0.1) is 0 Å². The summed E-state index contributed by atoms with van der Waals surface area (Å²) in [6.45, 7) is 0. The van der Waals surface area contributed by atoms with Gasteiger partial charge in [0.15, 0.2) is 0 Å². The summed E-state index contributed by atoms with van der Waals surface area (Å²) in [5.41, 5.74) is -1.22. The monoisotopic (exact) mass is 426 g/mol. The summed E-state index contributed by atoms with van der Waals surface area (Å²) in [6.07, 6.45) is -2.31. The van der Waals surface area contributed by atoms with Crippen molar-refractivity contribution in [2.24, 2.45) is 0 Å². The highest BCUT2D eigenvalue weighted by molar-refractivity contribution is 7.92. The Bertz CT molecular complexity index is 1130. The third-order valence-electron chi connectivity index (χ3n) is 3.82. The molecule has 152 valence electrons. The fourth-order valence-corrected chi connectivity index (χ4v) is 3.48. The van der Waals surface area contributed by atoms with Crippen molar-refractivity contribution in [2.75, 3.05) is 11.8 Å². The molecule has 0 aliphatic carbocycles. The van der Waals surface area contributed by atoms with E-state index in [1.807, 2.05) is 0 Å². The predicted molar refractivity (Wildman–Crippen MR) is 95.0 cm³/mol. The van der Waals surface area contributed by atoms with Crippen LogP contribution in [0.2, 0.25) is 0 Å². The number of ether oxygens (including phenoxy) is 1. The summed E-state index contributed by atoms with van der Waals surface area (Å²) in [5.74, 6) is -0.659. The standard InChI is InChI=1S/C17H13F3N4O4S/c1-28-16(25)11-2-5-13(6-3-11)29(26,27)23-14-8-12(17(18,19)20)4-7-15(14)24-10-21-9-22-24/h2-10,23H,1H3. The minimum absolute atomic E-state index is 0.0465. The number of benzene rings is 2. The number of halogens is 3. The van der Waals surface area contributed by atoms with E-state index in [1.54, 1.807) is 0 Å². The normalized spacial score (nSPS) is 11.9. The van der Waals surface area contributed by atoms with E-state index >= 15 is 0 Å². The lowest BCUT2D eigenvalue weighted by molar-refractivity contribution is -0.137. The second-order valence-corrected chi connectivity index (χ2v) is 7.37. The zero-order chi connectivity index (χ0) is 21.2. The average molecular weight is 426 g/mol. The Labute approximate surface area is 163 Å². The molecule has 1 heterocycles. The molecule has 0 saturated heterocycles. The van der Waals surface area contributed by atoms with Gasteiger partial charge in [-0.3, -0.25) is 4.72 Å². The van der Waals surface area contributed by atoms with Crippen LogP contribution in [-0.4, -0.2) is 36.3 Å². The lowest BCUT2D eigenvalue weighted by Crippen LogP contribution is -2.16. The first-order valence-electron chi connectivity index (χ1n) is 7.89. The maximum atomic E-state index is 13.1. The van der Waals surface area contributed by atoms with Crippen LogP contribution >= 0.6 is 0 Å². The molecule has 0 unspecified atom stereocenters. The first kappa shape index (κ1) is 20.3. The Balaban J connectivity index is 2.02. The zero-order valence-electron chi connectivity index (χ0n) is 14.7. The van der Waals surface area contributed by atoms with Crippen molar-refractivity contribution in [1.29, 1.82) is 0 Å². The smallest absolute Gasteiger partial charge is 0.416 e. The van der Waals surface area contributed by atoms with Crippen molar-refractivity contribution in [3.05, 3.63) is 66.2 Å². The Morgan fingerprint density at radius 3 is 2.38 bits per heavy atom. The predicted octanol–water partition coefficient (Wildman–Crippen LogP) is 2.87. The largest absolute Gasteiger partial charge is 0.465 e. The minimum atomic E-state index is -4.68. The Morgan fingerprint density at radius 2 is 1.83 bits per heavy atom. The molecule has 0 spiro atoms. The molecule has 8 nitrogen and oxygen atoms in total. The number of esters is 1. The lowest BCUT2D eigenvalue weighted by Gasteiger charge is -2.15. The summed E-state index contributed by atoms with van der Waals surface area (Å²) in [7, 11) is -3.09. The molecule has 0 aliphatic heterocycles. The highest BCUT2D eigenvalue weighted by Gasteiger charge is 2.32. The van der Waals surface area contributed by atoms with E-state index in [9.17, 15) is 26.4 Å². The molecule has 29 heavy (non-hydrogen) atoms. The lowest BCUT2D eigenvalue weighted by atomic mass is 10.1. The molecule has 0 bridgehead atoms. The van der Waals surface area contributed by atoms with E-state index in [1.165, 1.54) is 25.6 Å². The van der Waals surface area contributed by atoms with Gasteiger partial charge in [-0.05, 0) is 42.5 Å². The molecule has 0 atom stereocenters. The number of sulfonamides is 1. The average Bonchev–Trinajstić information content (AvgIpc) is 3.21. The number of nitrogens with zero attached hydrogens (tertiary/aromatic N) is 3. The zero-order valence-corrected chi connectivity index (χ0v) is 15.5. The number of alkyl halides is 3. The van der Waals surface area contributed by atoms with Gasteiger partial charge in [0, 0.05) is 0 Å². The molecular formula is C17H13F3N4O4S. The highest BCUT2D eigenvalue weighted by atomic mass is 32.2. The highest BCUT2D eigenvalue weighted by Crippen LogP contribution is 2.34. The Morgan fingerprint density at radius 1 is 1.14 bits per heavy atom. The molecule has 0 radical (unpaired) electrons. The summed E-state index contributed by atoms with van der Waals surface area (Å²) in [4.78, 5) is 14.9. The first-order valence-corrected chi connectivity index (χ1v) is 9.37. The third-order valence-corrected chi connectivity index (χ3v) is 5.20. The molecule has 3 aromatic rings. The summed E-state index contributed by atoms with van der Waals surface area (Å²) >= 11 is 0. The van der Waals surface area contributed by atoms with E-state index in [2.05, 4.69) is 19.5 Å². The van der Waals surface area contributed by atoms with Gasteiger partial charge in [0.05, 0.1) is 34.5 Å². The van der Waals surface area contributed by atoms with Crippen LogP contribution < -0.4 is 4.72 Å². The molecule has 0 amide bonds. The van der Waals surface area contributed by atoms with Crippen LogP contribution in [0.5, 0.6) is 0 Å². The number of nitrogens with one attached hydrogen (secondary N) is 1. The summed E-state index contributed by atoms with van der Waals surface area (Å²) in [5, 5.41) is 3.82. The van der Waals surface area contributed by atoms with Gasteiger partial charge in [0.25, 0.3) is 10.0 Å². The molecule has 0 aliphatic rings. The number of anilines is 1. The first-order chi connectivity index (χ1) is 13.6. The van der Waals surface area contributed by atoms with Crippen molar-refractivity contribution < 1.29 is 31.1 Å².